The van der Waals surface area contributed by atoms with Gasteiger partial charge in [-0.1, -0.05) is 5.16 Å². The van der Waals surface area contributed by atoms with Crippen molar-refractivity contribution < 1.29 is 14.0 Å². The number of nitrogens with one attached hydrogen (secondary N) is 1. The van der Waals surface area contributed by atoms with Crippen molar-refractivity contribution in [2.45, 2.75) is 26.5 Å². The van der Waals surface area contributed by atoms with Crippen molar-refractivity contribution in [3.8, 4) is 5.75 Å². The summed E-state index contributed by atoms with van der Waals surface area (Å²) in [5.74, 6) is 2.78. The van der Waals surface area contributed by atoms with Crippen LogP contribution in [-0.4, -0.2) is 67.9 Å². The number of guanidine groups is 1. The van der Waals surface area contributed by atoms with Gasteiger partial charge in [0, 0.05) is 45.5 Å². The van der Waals surface area contributed by atoms with Gasteiger partial charge in [-0.15, -0.1) is 0 Å². The minimum absolute atomic E-state index is 0.178. The predicted molar refractivity (Wildman–Crippen MR) is 111 cm³/mol. The van der Waals surface area contributed by atoms with Gasteiger partial charge in [-0.2, -0.15) is 4.98 Å². The number of rotatable bonds is 7. The Kier molecular flexibility index (Phi) is 7.29. The van der Waals surface area contributed by atoms with Gasteiger partial charge in [-0.05, 0) is 38.1 Å². The lowest BCUT2D eigenvalue weighted by Crippen LogP contribution is -2.52. The molecule has 1 saturated heterocycles. The minimum Gasteiger partial charge on any atom is -0.497 e. The van der Waals surface area contributed by atoms with E-state index >= 15 is 0 Å². The summed E-state index contributed by atoms with van der Waals surface area (Å²) in [6.07, 6.45) is -0.178. The Hall–Kier alpha value is -2.81. The first kappa shape index (κ1) is 20.9. The monoisotopic (exact) mass is 402 g/mol. The molecule has 1 aromatic heterocycles. The largest absolute Gasteiger partial charge is 0.497 e. The summed E-state index contributed by atoms with van der Waals surface area (Å²) < 4.78 is 16.0. The predicted octanol–water partition coefficient (Wildman–Crippen LogP) is 2.07. The number of hydrogen-bond donors (Lipinski definition) is 1. The van der Waals surface area contributed by atoms with Gasteiger partial charge in [-0.25, -0.2) is 0 Å². The molecule has 0 bridgehead atoms. The van der Waals surface area contributed by atoms with Crippen LogP contribution >= 0.6 is 0 Å². The number of piperazine rings is 1. The molecule has 1 unspecified atom stereocenters. The van der Waals surface area contributed by atoms with E-state index in [1.807, 2.05) is 26.0 Å². The average Bonchev–Trinajstić information content (AvgIpc) is 3.24. The lowest BCUT2D eigenvalue weighted by molar-refractivity contribution is 0.0683. The number of anilines is 1. The van der Waals surface area contributed by atoms with Crippen molar-refractivity contribution >= 4 is 11.6 Å². The molecular formula is C20H30N6O3. The Balaban J connectivity index is 1.50. The molecule has 1 aliphatic rings. The Morgan fingerprint density at radius 3 is 2.59 bits per heavy atom. The van der Waals surface area contributed by atoms with Gasteiger partial charge in [0.15, 0.2) is 11.8 Å². The number of hydrogen-bond acceptors (Lipinski definition) is 7. The maximum Gasteiger partial charge on any atom is 0.246 e. The van der Waals surface area contributed by atoms with E-state index in [1.165, 1.54) is 5.69 Å². The summed E-state index contributed by atoms with van der Waals surface area (Å²) in [6.45, 7) is 8.48. The van der Waals surface area contributed by atoms with Crippen molar-refractivity contribution in [3.05, 3.63) is 36.0 Å². The molecule has 158 valence electrons. The van der Waals surface area contributed by atoms with Crippen LogP contribution in [0.2, 0.25) is 0 Å². The summed E-state index contributed by atoms with van der Waals surface area (Å²) in [6, 6.07) is 8.18. The summed E-state index contributed by atoms with van der Waals surface area (Å²) in [5, 5.41) is 7.30. The first-order chi connectivity index (χ1) is 14.1. The zero-order chi connectivity index (χ0) is 20.6. The fourth-order valence-electron chi connectivity index (χ4n) is 3.29. The second-order valence-corrected chi connectivity index (χ2v) is 6.72. The number of benzene rings is 1. The standard InChI is InChI=1S/C20H30N6O3/c1-5-28-15(2)19-23-18(29-24-19)14-22-20(21-3)26-12-10-25(11-13-26)16-6-8-17(27-4)9-7-16/h6-9,15H,5,10-14H2,1-4H3,(H,21,22). The van der Waals surface area contributed by atoms with Crippen molar-refractivity contribution in [3.63, 3.8) is 0 Å². The van der Waals surface area contributed by atoms with E-state index in [9.17, 15) is 0 Å². The summed E-state index contributed by atoms with van der Waals surface area (Å²) in [4.78, 5) is 13.4. The lowest BCUT2D eigenvalue weighted by atomic mass is 10.2. The summed E-state index contributed by atoms with van der Waals surface area (Å²) in [7, 11) is 3.47. The fraction of sp³-hybridized carbons (Fsp3) is 0.550. The van der Waals surface area contributed by atoms with Crippen LogP contribution in [0.25, 0.3) is 0 Å². The van der Waals surface area contributed by atoms with Gasteiger partial charge in [0.05, 0.1) is 13.7 Å². The first-order valence-corrected chi connectivity index (χ1v) is 9.93. The zero-order valence-electron chi connectivity index (χ0n) is 17.6. The number of ether oxygens (including phenoxy) is 2. The van der Waals surface area contributed by atoms with Gasteiger partial charge in [0.25, 0.3) is 0 Å². The van der Waals surface area contributed by atoms with E-state index in [-0.39, 0.29) is 6.10 Å². The number of nitrogens with zero attached hydrogens (tertiary/aromatic N) is 5. The molecule has 1 aliphatic heterocycles. The molecule has 0 radical (unpaired) electrons. The van der Waals surface area contributed by atoms with Crippen LogP contribution in [0.5, 0.6) is 5.75 Å². The maximum absolute atomic E-state index is 5.49. The highest BCUT2D eigenvalue weighted by Crippen LogP contribution is 2.20. The Bertz CT molecular complexity index is 784. The number of aliphatic imine (C=N–C) groups is 1. The smallest absolute Gasteiger partial charge is 0.246 e. The highest BCUT2D eigenvalue weighted by atomic mass is 16.5. The maximum atomic E-state index is 5.49. The Morgan fingerprint density at radius 1 is 1.24 bits per heavy atom. The highest BCUT2D eigenvalue weighted by molar-refractivity contribution is 5.80. The first-order valence-electron chi connectivity index (χ1n) is 9.93. The molecule has 0 amide bonds. The van der Waals surface area contributed by atoms with Gasteiger partial charge in [0.1, 0.15) is 11.9 Å². The van der Waals surface area contributed by atoms with Crippen molar-refractivity contribution in [1.82, 2.24) is 20.4 Å². The molecule has 3 rings (SSSR count). The van der Waals surface area contributed by atoms with Crippen LogP contribution in [0, 0.1) is 0 Å². The van der Waals surface area contributed by atoms with Crippen LogP contribution in [-0.2, 0) is 11.3 Å². The molecule has 1 aromatic carbocycles. The van der Waals surface area contributed by atoms with Crippen molar-refractivity contribution in [2.75, 3.05) is 51.8 Å². The normalized spacial score (nSPS) is 16.1. The van der Waals surface area contributed by atoms with Crippen LogP contribution in [0.15, 0.2) is 33.8 Å². The highest BCUT2D eigenvalue weighted by Gasteiger charge is 2.21. The molecular weight excluding hydrogens is 372 g/mol. The van der Waals surface area contributed by atoms with Crippen LogP contribution < -0.4 is 15.0 Å². The third-order valence-corrected chi connectivity index (χ3v) is 4.89. The molecule has 0 aliphatic carbocycles. The average molecular weight is 402 g/mol. The van der Waals surface area contributed by atoms with E-state index in [0.717, 1.165) is 37.9 Å². The van der Waals surface area contributed by atoms with Crippen molar-refractivity contribution in [1.29, 1.82) is 0 Å². The van der Waals surface area contributed by atoms with Gasteiger partial charge < -0.3 is 29.1 Å². The third kappa shape index (κ3) is 5.38. The molecule has 1 N–H and O–H groups in total. The quantitative estimate of drug-likeness (QED) is 0.556. The SMILES string of the molecule is CCOC(C)c1noc(CNC(=NC)N2CCN(c3ccc(OC)cc3)CC2)n1. The van der Waals surface area contributed by atoms with Crippen LogP contribution in [0.4, 0.5) is 5.69 Å². The number of methoxy groups -OCH3 is 1. The molecule has 29 heavy (non-hydrogen) atoms. The molecule has 1 atom stereocenters. The lowest BCUT2D eigenvalue weighted by Gasteiger charge is -2.37. The van der Waals surface area contributed by atoms with Crippen LogP contribution in [0.1, 0.15) is 31.7 Å². The van der Waals surface area contributed by atoms with Gasteiger partial charge >= 0.3 is 0 Å². The van der Waals surface area contributed by atoms with E-state index in [2.05, 4.69) is 42.4 Å². The van der Waals surface area contributed by atoms with Gasteiger partial charge in [0.2, 0.25) is 5.89 Å². The third-order valence-electron chi connectivity index (χ3n) is 4.89. The van der Waals surface area contributed by atoms with E-state index in [1.54, 1.807) is 14.2 Å². The zero-order valence-corrected chi connectivity index (χ0v) is 17.6. The molecule has 9 heteroatoms. The molecule has 1 fully saturated rings. The summed E-state index contributed by atoms with van der Waals surface area (Å²) in [5.41, 5.74) is 1.20. The molecule has 9 nitrogen and oxygen atoms in total. The molecule has 0 saturated carbocycles. The summed E-state index contributed by atoms with van der Waals surface area (Å²) >= 11 is 0. The van der Waals surface area contributed by atoms with Crippen LogP contribution in [0.3, 0.4) is 0 Å². The molecule has 2 aromatic rings. The Labute approximate surface area is 171 Å². The van der Waals surface area contributed by atoms with Crippen molar-refractivity contribution in [2.24, 2.45) is 4.99 Å². The van der Waals surface area contributed by atoms with E-state index in [0.29, 0.717) is 24.9 Å². The number of aromatic nitrogens is 2. The topological polar surface area (TPSA) is 88.3 Å². The fourth-order valence-corrected chi connectivity index (χ4v) is 3.29. The second kappa shape index (κ2) is 10.1. The van der Waals surface area contributed by atoms with E-state index < -0.39 is 0 Å². The van der Waals surface area contributed by atoms with E-state index in [4.69, 9.17) is 14.0 Å². The minimum atomic E-state index is -0.178. The Morgan fingerprint density at radius 2 is 1.97 bits per heavy atom. The second-order valence-electron chi connectivity index (χ2n) is 6.72. The molecule has 2 heterocycles. The molecule has 0 spiro atoms. The van der Waals surface area contributed by atoms with Gasteiger partial charge in [-0.3, -0.25) is 4.99 Å².